The Kier molecular flexibility index (Phi) is 3.88. The van der Waals surface area contributed by atoms with Crippen molar-refractivity contribution in [1.29, 1.82) is 0 Å². The zero-order valence-electron chi connectivity index (χ0n) is 13.6. The van der Waals surface area contributed by atoms with E-state index < -0.39 is 4.92 Å². The van der Waals surface area contributed by atoms with E-state index in [0.717, 1.165) is 22.6 Å². The quantitative estimate of drug-likeness (QED) is 0.515. The van der Waals surface area contributed by atoms with Gasteiger partial charge in [0.05, 0.1) is 28.1 Å². The van der Waals surface area contributed by atoms with Crippen LogP contribution in [0.5, 0.6) is 0 Å². The van der Waals surface area contributed by atoms with Gasteiger partial charge in [0.2, 0.25) is 0 Å². The number of nitro groups is 1. The maximum absolute atomic E-state index is 12.8. The van der Waals surface area contributed by atoms with Crippen LogP contribution < -0.4 is 0 Å². The van der Waals surface area contributed by atoms with Gasteiger partial charge in [-0.2, -0.15) is 0 Å². The number of carbonyl (C=O) groups excluding carboxylic acids is 1. The van der Waals surface area contributed by atoms with E-state index in [1.54, 1.807) is 29.6 Å². The third-order valence-electron chi connectivity index (χ3n) is 4.15. The number of nitrogens with zero attached hydrogens (tertiary/aromatic N) is 6. The van der Waals surface area contributed by atoms with Crippen LogP contribution in [-0.2, 0) is 6.54 Å². The molecule has 0 saturated heterocycles. The van der Waals surface area contributed by atoms with Crippen molar-refractivity contribution in [2.75, 3.05) is 0 Å². The van der Waals surface area contributed by atoms with Crippen LogP contribution in [0.25, 0.3) is 11.6 Å². The fourth-order valence-corrected chi connectivity index (χ4v) is 3.60. The van der Waals surface area contributed by atoms with Gasteiger partial charge in [-0.3, -0.25) is 14.9 Å². The molecule has 0 N–H and O–H groups in total. The van der Waals surface area contributed by atoms with Crippen molar-refractivity contribution >= 4 is 22.2 Å². The number of amides is 1. The van der Waals surface area contributed by atoms with Crippen LogP contribution in [-0.4, -0.2) is 35.7 Å². The molecule has 0 fully saturated rings. The van der Waals surface area contributed by atoms with Gasteiger partial charge in [0.1, 0.15) is 0 Å². The van der Waals surface area contributed by atoms with Gasteiger partial charge in [-0.15, -0.1) is 0 Å². The summed E-state index contributed by atoms with van der Waals surface area (Å²) in [4.78, 5) is 42.1. The lowest BCUT2D eigenvalue weighted by molar-refractivity contribution is -0.380. The van der Waals surface area contributed by atoms with E-state index in [4.69, 9.17) is 0 Å². The fourth-order valence-electron chi connectivity index (χ4n) is 2.82. The number of carbonyl (C=O) groups is 1. The summed E-state index contributed by atoms with van der Waals surface area (Å²) in [6.07, 6.45) is 4.91. The first-order valence-electron chi connectivity index (χ1n) is 7.73. The topological polar surface area (TPSA) is 115 Å². The Morgan fingerprint density at radius 1 is 1.27 bits per heavy atom. The highest BCUT2D eigenvalue weighted by Gasteiger charge is 2.34. The van der Waals surface area contributed by atoms with Gasteiger partial charge in [0.15, 0.2) is 11.6 Å². The first kappa shape index (κ1) is 16.2. The normalized spacial score (nSPS) is 15.7. The molecule has 1 unspecified atom stereocenters. The van der Waals surface area contributed by atoms with E-state index in [9.17, 15) is 14.9 Å². The third kappa shape index (κ3) is 2.69. The average molecular weight is 368 g/mol. The molecular formula is C16H12N6O3S. The van der Waals surface area contributed by atoms with Gasteiger partial charge in [-0.1, -0.05) is 11.3 Å². The Morgan fingerprint density at radius 2 is 2.04 bits per heavy atom. The molecule has 1 aliphatic heterocycles. The highest BCUT2D eigenvalue weighted by atomic mass is 32.1. The number of aromatic nitrogens is 4. The van der Waals surface area contributed by atoms with Crippen molar-refractivity contribution in [1.82, 2.24) is 24.8 Å². The average Bonchev–Trinajstić information content (AvgIpc) is 3.27. The minimum absolute atomic E-state index is 0.0546. The molecule has 1 atom stereocenters. The Bertz CT molecular complexity index is 1010. The summed E-state index contributed by atoms with van der Waals surface area (Å²) >= 11 is 0.870. The van der Waals surface area contributed by atoms with Gasteiger partial charge in [0.25, 0.3) is 5.91 Å². The third-order valence-corrected chi connectivity index (χ3v) is 5.17. The van der Waals surface area contributed by atoms with E-state index in [1.165, 1.54) is 12.1 Å². The van der Waals surface area contributed by atoms with Crippen molar-refractivity contribution in [3.05, 3.63) is 63.0 Å². The van der Waals surface area contributed by atoms with Gasteiger partial charge >= 0.3 is 5.00 Å². The molecule has 0 bridgehead atoms. The summed E-state index contributed by atoms with van der Waals surface area (Å²) in [6, 6.07) is 4.32. The van der Waals surface area contributed by atoms with E-state index in [0.29, 0.717) is 23.1 Å². The van der Waals surface area contributed by atoms with Crippen LogP contribution in [0, 0.1) is 10.1 Å². The van der Waals surface area contributed by atoms with Crippen molar-refractivity contribution in [2.24, 2.45) is 0 Å². The molecule has 1 aliphatic rings. The van der Waals surface area contributed by atoms with E-state index in [-0.39, 0.29) is 17.0 Å². The molecule has 3 aromatic rings. The molecule has 10 heteroatoms. The molecule has 4 heterocycles. The molecular weight excluding hydrogens is 356 g/mol. The highest BCUT2D eigenvalue weighted by Crippen LogP contribution is 2.35. The minimum Gasteiger partial charge on any atom is -0.325 e. The summed E-state index contributed by atoms with van der Waals surface area (Å²) in [5.41, 5.74) is 1.58. The van der Waals surface area contributed by atoms with Crippen molar-refractivity contribution in [3.8, 4) is 11.6 Å². The Morgan fingerprint density at radius 3 is 2.73 bits per heavy atom. The number of hydrogen-bond acceptors (Lipinski definition) is 8. The Balaban J connectivity index is 1.62. The Hall–Kier alpha value is -3.27. The van der Waals surface area contributed by atoms with Crippen LogP contribution in [0.1, 0.15) is 33.9 Å². The largest absolute Gasteiger partial charge is 0.325 e. The number of hydrogen-bond donors (Lipinski definition) is 0. The number of fused-ring (bicyclic) bond motifs is 1. The van der Waals surface area contributed by atoms with Crippen LogP contribution in [0.4, 0.5) is 5.00 Å². The van der Waals surface area contributed by atoms with Crippen molar-refractivity contribution in [3.63, 3.8) is 0 Å². The first-order chi connectivity index (χ1) is 12.5. The van der Waals surface area contributed by atoms with Crippen molar-refractivity contribution in [2.45, 2.75) is 19.5 Å². The minimum atomic E-state index is -0.499. The molecule has 4 rings (SSSR count). The van der Waals surface area contributed by atoms with Crippen LogP contribution in [0.2, 0.25) is 0 Å². The molecule has 1 amide bonds. The van der Waals surface area contributed by atoms with Gasteiger partial charge in [-0.05, 0) is 19.1 Å². The standard InChI is InChI=1S/C16H12N6O3S/c1-9-10-7-19-15(14-17-5-2-6-18-14)20-11(10)8-21(9)16(23)12-3-4-13(26-12)22(24)25/h2-7,9H,8H2,1H3. The smallest absolute Gasteiger partial charge is 0.324 e. The second kappa shape index (κ2) is 6.23. The monoisotopic (exact) mass is 368 g/mol. The molecule has 3 aromatic heterocycles. The molecule has 0 radical (unpaired) electrons. The maximum Gasteiger partial charge on any atom is 0.324 e. The predicted molar refractivity (Wildman–Crippen MR) is 92.3 cm³/mol. The van der Waals surface area contributed by atoms with E-state index in [2.05, 4.69) is 19.9 Å². The molecule has 9 nitrogen and oxygen atoms in total. The van der Waals surface area contributed by atoms with E-state index >= 15 is 0 Å². The second-order valence-electron chi connectivity index (χ2n) is 5.67. The first-order valence-corrected chi connectivity index (χ1v) is 8.54. The summed E-state index contributed by atoms with van der Waals surface area (Å²) < 4.78 is 0. The zero-order chi connectivity index (χ0) is 18.3. The number of rotatable bonds is 3. The SMILES string of the molecule is CC1c2cnc(-c3ncccn3)nc2CN1C(=O)c1ccc([N+](=O)[O-])s1. The lowest BCUT2D eigenvalue weighted by Gasteiger charge is -2.20. The second-order valence-corrected chi connectivity index (χ2v) is 6.73. The van der Waals surface area contributed by atoms with Crippen LogP contribution in [0.3, 0.4) is 0 Å². The van der Waals surface area contributed by atoms with Crippen LogP contribution >= 0.6 is 11.3 Å². The predicted octanol–water partition coefficient (Wildman–Crippen LogP) is 2.62. The Labute approximate surface area is 151 Å². The molecule has 0 saturated carbocycles. The zero-order valence-corrected chi connectivity index (χ0v) is 14.4. The molecule has 0 aliphatic carbocycles. The van der Waals surface area contributed by atoms with Gasteiger partial charge in [0, 0.05) is 30.2 Å². The highest BCUT2D eigenvalue weighted by molar-refractivity contribution is 7.17. The maximum atomic E-state index is 12.8. The van der Waals surface area contributed by atoms with Crippen molar-refractivity contribution < 1.29 is 9.72 Å². The molecule has 130 valence electrons. The lowest BCUT2D eigenvalue weighted by Crippen LogP contribution is -2.27. The van der Waals surface area contributed by atoms with Gasteiger partial charge in [-0.25, -0.2) is 19.9 Å². The molecule has 0 spiro atoms. The van der Waals surface area contributed by atoms with Gasteiger partial charge < -0.3 is 4.90 Å². The summed E-state index contributed by atoms with van der Waals surface area (Å²) in [7, 11) is 0. The van der Waals surface area contributed by atoms with Crippen LogP contribution in [0.15, 0.2) is 36.8 Å². The molecule has 0 aromatic carbocycles. The fraction of sp³-hybridized carbons (Fsp3) is 0.188. The summed E-state index contributed by atoms with van der Waals surface area (Å²) in [5.74, 6) is 0.560. The lowest BCUT2D eigenvalue weighted by atomic mass is 10.1. The number of thiophene rings is 1. The van der Waals surface area contributed by atoms with E-state index in [1.807, 2.05) is 6.92 Å². The molecule has 26 heavy (non-hydrogen) atoms. The summed E-state index contributed by atoms with van der Waals surface area (Å²) in [5, 5.41) is 10.8. The summed E-state index contributed by atoms with van der Waals surface area (Å²) in [6.45, 7) is 2.19.